The lowest BCUT2D eigenvalue weighted by molar-refractivity contribution is 1.18. The largest absolute Gasteiger partial charge is 0.128 e. The summed E-state index contributed by atoms with van der Waals surface area (Å²) < 4.78 is 0. The number of aryl methyl sites for hydroxylation is 2. The molecule has 0 radical (unpaired) electrons. The molecule has 5 aromatic carbocycles. The number of fused-ring (bicyclic) bond motifs is 8. The molecule has 0 atom stereocenters. The minimum atomic E-state index is -1.85. The molecule has 2 aliphatic heterocycles. The molecule has 154 valence electrons. The molecule has 2 heterocycles. The van der Waals surface area contributed by atoms with Gasteiger partial charge in [-0.3, -0.25) is 0 Å². The van der Waals surface area contributed by atoms with E-state index in [0.29, 0.717) is 0 Å². The average Bonchev–Trinajstić information content (AvgIpc) is 3.35. The van der Waals surface area contributed by atoms with Crippen LogP contribution in [0.15, 0.2) is 84.9 Å². The molecular weight excluding hydrogens is 400 g/mol. The lowest BCUT2D eigenvalue weighted by Crippen LogP contribution is -2.57. The Morgan fingerprint density at radius 1 is 0.625 bits per heavy atom. The summed E-state index contributed by atoms with van der Waals surface area (Å²) >= 11 is 0. The summed E-state index contributed by atoms with van der Waals surface area (Å²) in [7, 11) is -1.85. The minimum absolute atomic E-state index is 1.07. The molecule has 0 aliphatic carbocycles. The third-order valence-electron chi connectivity index (χ3n) is 8.25. The fraction of sp³-hybridized carbons (Fsp3) is 0.161. The standard InChI is InChI=1S/C31H26Si/c1-3-23-25-13-7-6-12-24(25)20(2)27-16-29-26-14-8-9-15-30(26)32(31(29)17-28(23)27)18-21-10-4-5-11-22(21)19-32/h4-17H,3,18-19H2,1-2H3. The molecule has 0 bridgehead atoms. The number of hydrogen-bond acceptors (Lipinski definition) is 0. The van der Waals surface area contributed by atoms with Crippen LogP contribution in [0, 0.1) is 6.92 Å². The molecule has 7 rings (SSSR count). The van der Waals surface area contributed by atoms with E-state index in [9.17, 15) is 0 Å². The molecule has 32 heavy (non-hydrogen) atoms. The molecule has 2 aliphatic rings. The molecule has 0 unspecified atom stereocenters. The maximum Gasteiger partial charge on any atom is 0.128 e. The van der Waals surface area contributed by atoms with E-state index in [1.807, 2.05) is 0 Å². The van der Waals surface area contributed by atoms with Crippen LogP contribution < -0.4 is 10.4 Å². The first-order chi connectivity index (χ1) is 15.7. The smallest absolute Gasteiger partial charge is 0.0623 e. The van der Waals surface area contributed by atoms with Gasteiger partial charge in [-0.1, -0.05) is 85.8 Å². The van der Waals surface area contributed by atoms with Gasteiger partial charge in [-0.2, -0.15) is 0 Å². The third kappa shape index (κ3) is 2.22. The van der Waals surface area contributed by atoms with Crippen LogP contribution in [-0.4, -0.2) is 8.07 Å². The summed E-state index contributed by atoms with van der Waals surface area (Å²) in [6.07, 6.45) is 1.07. The van der Waals surface area contributed by atoms with Gasteiger partial charge in [0.15, 0.2) is 0 Å². The van der Waals surface area contributed by atoms with E-state index in [0.717, 1.165) is 6.42 Å². The number of hydrogen-bond donors (Lipinski definition) is 0. The molecule has 0 nitrogen and oxygen atoms in total. The van der Waals surface area contributed by atoms with Gasteiger partial charge in [0.1, 0.15) is 8.07 Å². The highest BCUT2D eigenvalue weighted by Crippen LogP contribution is 2.41. The zero-order valence-corrected chi connectivity index (χ0v) is 19.7. The van der Waals surface area contributed by atoms with Gasteiger partial charge in [-0.15, -0.1) is 0 Å². The molecule has 1 spiro atoms. The van der Waals surface area contributed by atoms with Gasteiger partial charge in [0.25, 0.3) is 0 Å². The summed E-state index contributed by atoms with van der Waals surface area (Å²) in [5, 5.41) is 9.09. The molecule has 1 heteroatoms. The van der Waals surface area contributed by atoms with Gasteiger partial charge in [0.2, 0.25) is 0 Å². The molecule has 0 N–H and O–H groups in total. The van der Waals surface area contributed by atoms with E-state index in [1.54, 1.807) is 21.5 Å². The third-order valence-corrected chi connectivity index (χ3v) is 13.1. The van der Waals surface area contributed by atoms with Crippen molar-refractivity contribution in [3.63, 3.8) is 0 Å². The zero-order valence-electron chi connectivity index (χ0n) is 18.7. The van der Waals surface area contributed by atoms with Crippen LogP contribution in [0.4, 0.5) is 0 Å². The quantitative estimate of drug-likeness (QED) is 0.218. The second kappa shape index (κ2) is 6.43. The Morgan fingerprint density at radius 2 is 1.28 bits per heavy atom. The molecular formula is C31H26Si. The Bertz CT molecular complexity index is 1550. The van der Waals surface area contributed by atoms with E-state index in [-0.39, 0.29) is 0 Å². The van der Waals surface area contributed by atoms with Gasteiger partial charge < -0.3 is 0 Å². The molecule has 0 saturated heterocycles. The SMILES string of the molecule is CCc1c2ccccc2c(C)c2cc3c(cc12)[Si]1(Cc2ccccc2C1)c1ccccc1-3. The summed E-state index contributed by atoms with van der Waals surface area (Å²) in [5.41, 5.74) is 9.09. The fourth-order valence-electron chi connectivity index (χ4n) is 6.80. The maximum absolute atomic E-state index is 2.64. The van der Waals surface area contributed by atoms with Crippen LogP contribution >= 0.6 is 0 Å². The highest BCUT2D eigenvalue weighted by molar-refractivity contribution is 7.05. The van der Waals surface area contributed by atoms with Gasteiger partial charge >= 0.3 is 0 Å². The Labute approximate surface area is 190 Å². The van der Waals surface area contributed by atoms with Gasteiger partial charge in [-0.25, -0.2) is 0 Å². The normalized spacial score (nSPS) is 15.3. The second-order valence-electron chi connectivity index (χ2n) is 9.70. The summed E-state index contributed by atoms with van der Waals surface area (Å²) in [4.78, 5) is 0. The first kappa shape index (κ1) is 18.4. The Hall–Kier alpha value is -3.16. The Morgan fingerprint density at radius 3 is 2.03 bits per heavy atom. The van der Waals surface area contributed by atoms with Crippen LogP contribution in [0.3, 0.4) is 0 Å². The van der Waals surface area contributed by atoms with Gasteiger partial charge in [-0.05, 0) is 96.8 Å². The topological polar surface area (TPSA) is 0 Å². The number of rotatable bonds is 1. The van der Waals surface area contributed by atoms with Crippen molar-refractivity contribution in [2.24, 2.45) is 0 Å². The van der Waals surface area contributed by atoms with Crippen molar-refractivity contribution in [1.29, 1.82) is 0 Å². The first-order valence-corrected chi connectivity index (χ1v) is 14.3. The molecule has 5 aromatic rings. The van der Waals surface area contributed by atoms with E-state index in [1.165, 1.54) is 55.9 Å². The molecule has 0 saturated carbocycles. The van der Waals surface area contributed by atoms with Crippen LogP contribution in [0.25, 0.3) is 32.7 Å². The lowest BCUT2D eigenvalue weighted by atomic mass is 9.89. The predicted octanol–water partition coefficient (Wildman–Crippen LogP) is 6.28. The highest BCUT2D eigenvalue weighted by atomic mass is 28.3. The molecule has 0 amide bonds. The highest BCUT2D eigenvalue weighted by Gasteiger charge is 2.49. The van der Waals surface area contributed by atoms with Gasteiger partial charge in [0.05, 0.1) is 0 Å². The van der Waals surface area contributed by atoms with Crippen molar-refractivity contribution in [1.82, 2.24) is 0 Å². The monoisotopic (exact) mass is 426 g/mol. The van der Waals surface area contributed by atoms with E-state index >= 15 is 0 Å². The fourth-order valence-corrected chi connectivity index (χ4v) is 12.3. The van der Waals surface area contributed by atoms with Crippen LogP contribution in [0.5, 0.6) is 0 Å². The second-order valence-corrected chi connectivity index (χ2v) is 13.6. The Kier molecular flexibility index (Phi) is 3.70. The van der Waals surface area contributed by atoms with Crippen molar-refractivity contribution in [3.05, 3.63) is 107 Å². The van der Waals surface area contributed by atoms with Crippen molar-refractivity contribution in [2.75, 3.05) is 0 Å². The lowest BCUT2D eigenvalue weighted by Gasteiger charge is -2.25. The van der Waals surface area contributed by atoms with Crippen LogP contribution in [0.2, 0.25) is 0 Å². The van der Waals surface area contributed by atoms with Crippen LogP contribution in [0.1, 0.15) is 29.2 Å². The first-order valence-electron chi connectivity index (χ1n) is 11.9. The zero-order chi connectivity index (χ0) is 21.4. The van der Waals surface area contributed by atoms with E-state index in [2.05, 4.69) is 98.8 Å². The average molecular weight is 427 g/mol. The van der Waals surface area contributed by atoms with Crippen molar-refractivity contribution in [3.8, 4) is 11.1 Å². The molecule has 0 aromatic heterocycles. The Balaban J connectivity index is 1.61. The number of benzene rings is 5. The van der Waals surface area contributed by atoms with Gasteiger partial charge in [0, 0.05) is 0 Å². The van der Waals surface area contributed by atoms with Crippen molar-refractivity contribution < 1.29 is 0 Å². The van der Waals surface area contributed by atoms with Crippen molar-refractivity contribution in [2.45, 2.75) is 32.4 Å². The van der Waals surface area contributed by atoms with E-state index in [4.69, 9.17) is 0 Å². The summed E-state index contributed by atoms with van der Waals surface area (Å²) in [5.74, 6) is 0. The predicted molar refractivity (Wildman–Crippen MR) is 140 cm³/mol. The van der Waals surface area contributed by atoms with E-state index < -0.39 is 8.07 Å². The maximum atomic E-state index is 2.64. The van der Waals surface area contributed by atoms with Crippen LogP contribution in [-0.2, 0) is 18.5 Å². The molecule has 0 fully saturated rings. The van der Waals surface area contributed by atoms with Crippen molar-refractivity contribution >= 4 is 40.0 Å². The summed E-state index contributed by atoms with van der Waals surface area (Å²) in [6, 6.07) is 35.2. The minimum Gasteiger partial charge on any atom is -0.0623 e. The summed E-state index contributed by atoms with van der Waals surface area (Å²) in [6.45, 7) is 4.63.